The molecule has 6 heteroatoms. The fraction of sp³-hybridized carbons (Fsp3) is 0.273. The first-order valence-electron chi connectivity index (χ1n) is 5.03. The minimum absolute atomic E-state index is 0.0379. The van der Waals surface area contributed by atoms with E-state index in [0.29, 0.717) is 6.61 Å². The van der Waals surface area contributed by atoms with Crippen LogP contribution in [0.25, 0.3) is 10.2 Å². The van der Waals surface area contributed by atoms with Crippen LogP contribution >= 0.6 is 11.3 Å². The Morgan fingerprint density at radius 1 is 1.47 bits per heavy atom. The average Bonchev–Trinajstić information content (AvgIpc) is 2.71. The molecule has 0 atom stereocenters. The summed E-state index contributed by atoms with van der Waals surface area (Å²) < 4.78 is 6.34. The summed E-state index contributed by atoms with van der Waals surface area (Å²) in [5.74, 6) is -0.311. The van der Waals surface area contributed by atoms with Gasteiger partial charge in [-0.3, -0.25) is 9.63 Å². The van der Waals surface area contributed by atoms with Gasteiger partial charge in [0.2, 0.25) is 0 Å². The number of ether oxygens (including phenoxy) is 1. The molecule has 0 unspecified atom stereocenters. The van der Waals surface area contributed by atoms with Gasteiger partial charge in [0.1, 0.15) is 11.6 Å². The van der Waals surface area contributed by atoms with E-state index in [9.17, 15) is 4.79 Å². The van der Waals surface area contributed by atoms with E-state index in [1.807, 2.05) is 24.3 Å². The Morgan fingerprint density at radius 3 is 3.06 bits per heavy atom. The number of rotatable bonds is 5. The molecule has 1 heterocycles. The number of nitrogens with zero attached hydrogens (tertiary/aromatic N) is 1. The summed E-state index contributed by atoms with van der Waals surface area (Å²) in [5, 5.41) is 0.858. The molecule has 0 radical (unpaired) electrons. The van der Waals surface area contributed by atoms with Crippen LogP contribution in [0, 0.1) is 0 Å². The van der Waals surface area contributed by atoms with Crippen molar-refractivity contribution >= 4 is 27.5 Å². The SMILES string of the molecule is CONC(=O)COCc1nc2ccccc2s1. The Hall–Kier alpha value is -1.50. The van der Waals surface area contributed by atoms with Crippen LogP contribution in [0.3, 0.4) is 0 Å². The quantitative estimate of drug-likeness (QED) is 0.819. The van der Waals surface area contributed by atoms with E-state index in [2.05, 4.69) is 15.3 Å². The molecule has 1 aromatic carbocycles. The number of hydrogen-bond acceptors (Lipinski definition) is 5. The molecule has 1 amide bonds. The molecule has 2 rings (SSSR count). The first-order chi connectivity index (χ1) is 8.29. The van der Waals surface area contributed by atoms with Crippen LogP contribution in [-0.4, -0.2) is 24.6 Å². The Bertz CT molecular complexity index is 479. The van der Waals surface area contributed by atoms with Gasteiger partial charge < -0.3 is 4.74 Å². The van der Waals surface area contributed by atoms with Crippen molar-refractivity contribution in [2.45, 2.75) is 6.61 Å². The maximum Gasteiger partial charge on any atom is 0.269 e. The van der Waals surface area contributed by atoms with Crippen molar-refractivity contribution < 1.29 is 14.4 Å². The Balaban J connectivity index is 1.89. The lowest BCUT2D eigenvalue weighted by Crippen LogP contribution is -2.26. The third-order valence-electron chi connectivity index (χ3n) is 2.01. The summed E-state index contributed by atoms with van der Waals surface area (Å²) in [4.78, 5) is 19.9. The van der Waals surface area contributed by atoms with Crippen molar-refractivity contribution in [2.24, 2.45) is 0 Å². The number of benzene rings is 1. The summed E-state index contributed by atoms with van der Waals surface area (Å²) in [6.07, 6.45) is 0. The number of aromatic nitrogens is 1. The molecule has 0 aliphatic heterocycles. The third-order valence-corrected chi connectivity index (χ3v) is 3.02. The number of fused-ring (bicyclic) bond motifs is 1. The molecular weight excluding hydrogens is 240 g/mol. The normalized spacial score (nSPS) is 10.6. The summed E-state index contributed by atoms with van der Waals surface area (Å²) in [6.45, 7) is 0.292. The van der Waals surface area contributed by atoms with E-state index in [0.717, 1.165) is 15.2 Å². The van der Waals surface area contributed by atoms with Gasteiger partial charge in [-0.2, -0.15) is 0 Å². The van der Waals surface area contributed by atoms with Gasteiger partial charge >= 0.3 is 0 Å². The topological polar surface area (TPSA) is 60.5 Å². The zero-order valence-corrected chi connectivity index (χ0v) is 10.1. The molecule has 0 saturated carbocycles. The highest BCUT2D eigenvalue weighted by molar-refractivity contribution is 7.18. The van der Waals surface area contributed by atoms with Crippen molar-refractivity contribution in [3.05, 3.63) is 29.3 Å². The second-order valence-corrected chi connectivity index (χ2v) is 4.41. The highest BCUT2D eigenvalue weighted by Gasteiger charge is 2.05. The van der Waals surface area contributed by atoms with Gasteiger partial charge in [0.15, 0.2) is 0 Å². The molecule has 2 aromatic rings. The van der Waals surface area contributed by atoms with Crippen LogP contribution in [-0.2, 0) is 21.0 Å². The van der Waals surface area contributed by atoms with Crippen molar-refractivity contribution in [1.29, 1.82) is 0 Å². The molecule has 0 saturated heterocycles. The fourth-order valence-corrected chi connectivity index (χ4v) is 2.26. The molecule has 17 heavy (non-hydrogen) atoms. The molecule has 1 aromatic heterocycles. The molecule has 0 aliphatic carbocycles. The largest absolute Gasteiger partial charge is 0.364 e. The first-order valence-corrected chi connectivity index (χ1v) is 5.85. The lowest BCUT2D eigenvalue weighted by atomic mass is 10.3. The van der Waals surface area contributed by atoms with E-state index >= 15 is 0 Å². The highest BCUT2D eigenvalue weighted by atomic mass is 32.1. The highest BCUT2D eigenvalue weighted by Crippen LogP contribution is 2.21. The fourth-order valence-electron chi connectivity index (χ4n) is 1.36. The van der Waals surface area contributed by atoms with E-state index < -0.39 is 0 Å². The minimum Gasteiger partial charge on any atom is -0.364 e. The number of hydrogen-bond donors (Lipinski definition) is 1. The van der Waals surface area contributed by atoms with Crippen LogP contribution in [0.5, 0.6) is 0 Å². The molecule has 1 N–H and O–H groups in total. The van der Waals surface area contributed by atoms with E-state index in [1.165, 1.54) is 7.11 Å². The zero-order chi connectivity index (χ0) is 12.1. The van der Waals surface area contributed by atoms with Crippen LogP contribution < -0.4 is 5.48 Å². The van der Waals surface area contributed by atoms with Crippen LogP contribution in [0.15, 0.2) is 24.3 Å². The molecule has 0 aliphatic rings. The van der Waals surface area contributed by atoms with Gasteiger partial charge in [-0.1, -0.05) is 12.1 Å². The number of carbonyl (C=O) groups is 1. The van der Waals surface area contributed by atoms with Crippen molar-refractivity contribution in [3.63, 3.8) is 0 Å². The average molecular weight is 252 g/mol. The second kappa shape index (κ2) is 5.72. The van der Waals surface area contributed by atoms with Crippen molar-refractivity contribution in [3.8, 4) is 0 Å². The lowest BCUT2D eigenvalue weighted by Gasteiger charge is -2.01. The van der Waals surface area contributed by atoms with Gasteiger partial charge in [0, 0.05) is 0 Å². The zero-order valence-electron chi connectivity index (χ0n) is 9.30. The summed E-state index contributed by atoms with van der Waals surface area (Å²) >= 11 is 1.56. The number of para-hydroxylation sites is 1. The molecular formula is C11H12N2O3S. The predicted octanol–water partition coefficient (Wildman–Crippen LogP) is 1.49. The lowest BCUT2D eigenvalue weighted by molar-refractivity contribution is -0.136. The Kier molecular flexibility index (Phi) is 4.03. The summed E-state index contributed by atoms with van der Waals surface area (Å²) in [5.41, 5.74) is 3.13. The Morgan fingerprint density at radius 2 is 2.29 bits per heavy atom. The number of carbonyl (C=O) groups excluding carboxylic acids is 1. The van der Waals surface area contributed by atoms with Crippen LogP contribution in [0.2, 0.25) is 0 Å². The van der Waals surface area contributed by atoms with Gasteiger partial charge in [0.25, 0.3) is 5.91 Å². The third kappa shape index (κ3) is 3.23. The van der Waals surface area contributed by atoms with Crippen molar-refractivity contribution in [1.82, 2.24) is 10.5 Å². The van der Waals surface area contributed by atoms with E-state index in [1.54, 1.807) is 11.3 Å². The molecule has 0 bridgehead atoms. The summed E-state index contributed by atoms with van der Waals surface area (Å²) in [6, 6.07) is 7.87. The maximum atomic E-state index is 11.0. The smallest absolute Gasteiger partial charge is 0.269 e. The number of hydroxylamine groups is 1. The second-order valence-electron chi connectivity index (χ2n) is 3.30. The standard InChI is InChI=1S/C11H12N2O3S/c1-15-13-10(14)6-16-7-11-12-8-4-2-3-5-9(8)17-11/h2-5H,6-7H2,1H3,(H,13,14). The van der Waals surface area contributed by atoms with E-state index in [4.69, 9.17) is 4.74 Å². The number of thiazole rings is 1. The van der Waals surface area contributed by atoms with E-state index in [-0.39, 0.29) is 12.5 Å². The van der Waals surface area contributed by atoms with Gasteiger partial charge in [-0.15, -0.1) is 11.3 Å². The molecule has 0 fully saturated rings. The first kappa shape index (κ1) is 12.0. The van der Waals surface area contributed by atoms with Gasteiger partial charge in [-0.25, -0.2) is 10.5 Å². The van der Waals surface area contributed by atoms with Crippen LogP contribution in [0.4, 0.5) is 0 Å². The molecule has 0 spiro atoms. The number of nitrogens with one attached hydrogen (secondary N) is 1. The Labute approximate surface area is 102 Å². The number of amides is 1. The maximum absolute atomic E-state index is 11.0. The summed E-state index contributed by atoms with van der Waals surface area (Å²) in [7, 11) is 1.38. The monoisotopic (exact) mass is 252 g/mol. The van der Waals surface area contributed by atoms with Gasteiger partial charge in [0.05, 0.1) is 23.9 Å². The van der Waals surface area contributed by atoms with Crippen molar-refractivity contribution in [2.75, 3.05) is 13.7 Å². The predicted molar refractivity (Wildman–Crippen MR) is 64.4 cm³/mol. The van der Waals surface area contributed by atoms with Crippen LogP contribution in [0.1, 0.15) is 5.01 Å². The molecule has 5 nitrogen and oxygen atoms in total. The molecule has 90 valence electrons. The minimum atomic E-state index is -0.311. The van der Waals surface area contributed by atoms with Gasteiger partial charge in [-0.05, 0) is 12.1 Å².